The number of amides is 2. The van der Waals surface area contributed by atoms with Crippen molar-refractivity contribution in [1.29, 1.82) is 0 Å². The number of aromatic nitrogens is 1. The Hall–Kier alpha value is -4.17. The van der Waals surface area contributed by atoms with Gasteiger partial charge in [-0.25, -0.2) is 4.98 Å². The highest BCUT2D eigenvalue weighted by molar-refractivity contribution is 6.29. The first-order valence-electron chi connectivity index (χ1n) is 12.2. The van der Waals surface area contributed by atoms with E-state index in [9.17, 15) is 14.4 Å². The average molecular weight is 532 g/mol. The molecule has 9 heteroatoms. The van der Waals surface area contributed by atoms with Crippen LogP contribution in [0.4, 0.5) is 5.69 Å². The molecule has 0 saturated heterocycles. The predicted molar refractivity (Wildman–Crippen MR) is 146 cm³/mol. The van der Waals surface area contributed by atoms with Gasteiger partial charge < -0.3 is 19.8 Å². The second kappa shape index (κ2) is 9.61. The Bertz CT molecular complexity index is 1690. The van der Waals surface area contributed by atoms with E-state index < -0.39 is 12.0 Å². The van der Waals surface area contributed by atoms with Crippen LogP contribution in [0.3, 0.4) is 0 Å². The van der Waals surface area contributed by atoms with E-state index in [0.29, 0.717) is 40.7 Å². The van der Waals surface area contributed by atoms with E-state index in [1.807, 2.05) is 31.2 Å². The van der Waals surface area contributed by atoms with Crippen molar-refractivity contribution in [2.45, 2.75) is 39.7 Å². The molecule has 0 bridgehead atoms. The number of benzene rings is 2. The molecule has 5 rings (SSSR count). The molecule has 1 atom stereocenters. The number of nitrogens with zero attached hydrogens (tertiary/aromatic N) is 2. The molecule has 1 aliphatic heterocycles. The van der Waals surface area contributed by atoms with Crippen molar-refractivity contribution in [1.82, 2.24) is 4.98 Å². The number of nitrogens with two attached hydrogens (primary N) is 1. The van der Waals surface area contributed by atoms with Crippen LogP contribution in [0.2, 0.25) is 5.15 Å². The van der Waals surface area contributed by atoms with Gasteiger partial charge in [-0.2, -0.15) is 0 Å². The van der Waals surface area contributed by atoms with E-state index in [0.717, 1.165) is 22.4 Å². The highest BCUT2D eigenvalue weighted by atomic mass is 35.5. The predicted octanol–water partition coefficient (Wildman–Crippen LogP) is 5.27. The lowest BCUT2D eigenvalue weighted by Gasteiger charge is -2.26. The topological polar surface area (TPSA) is 116 Å². The number of halogens is 1. The van der Waals surface area contributed by atoms with Crippen LogP contribution >= 0.6 is 11.6 Å². The molecule has 0 aliphatic carbocycles. The fourth-order valence-corrected chi connectivity index (χ4v) is 5.04. The molecule has 2 amide bonds. The Balaban J connectivity index is 1.64. The summed E-state index contributed by atoms with van der Waals surface area (Å²) >= 11 is 5.94. The molecule has 4 aromatic rings. The lowest BCUT2D eigenvalue weighted by molar-refractivity contribution is -0.118. The third-order valence-electron chi connectivity index (χ3n) is 6.88. The summed E-state index contributed by atoms with van der Waals surface area (Å²) in [6.07, 6.45) is 0.426. The van der Waals surface area contributed by atoms with Gasteiger partial charge in [0.1, 0.15) is 22.6 Å². The fraction of sp³-hybridized carbons (Fsp3) is 0.241. The minimum absolute atomic E-state index is 0.0723. The standard InChI is InChI=1S/C29H26ClN3O5/c1-14-11-19(16(3)37-22-8-9-23(30)32-25(22)29(31)36)28-20(12-14)26(35)15(2)27(38-28)18-5-7-21-17(13-18)6-10-24(34)33(21)4/h5,7-9,11-13,16H,6,10H2,1-4H3,(H2,31,36)/t16-/m1/s1. The number of fused-ring (bicyclic) bond motifs is 2. The summed E-state index contributed by atoms with van der Waals surface area (Å²) in [4.78, 5) is 43.2. The Kier molecular flexibility index (Phi) is 6.44. The number of primary amides is 1. The van der Waals surface area contributed by atoms with Gasteiger partial charge in [0.25, 0.3) is 5.91 Å². The monoisotopic (exact) mass is 531 g/mol. The maximum Gasteiger partial charge on any atom is 0.271 e. The molecule has 0 spiro atoms. The third-order valence-corrected chi connectivity index (χ3v) is 7.09. The second-order valence-corrected chi connectivity index (χ2v) is 9.90. The average Bonchev–Trinajstić information content (AvgIpc) is 2.89. The van der Waals surface area contributed by atoms with Crippen LogP contribution in [-0.2, 0) is 11.2 Å². The van der Waals surface area contributed by atoms with E-state index in [2.05, 4.69) is 4.98 Å². The zero-order valence-electron chi connectivity index (χ0n) is 21.4. The van der Waals surface area contributed by atoms with Crippen molar-refractivity contribution in [3.8, 4) is 17.1 Å². The highest BCUT2D eigenvalue weighted by Crippen LogP contribution is 2.36. The Morgan fingerprint density at radius 3 is 2.63 bits per heavy atom. The summed E-state index contributed by atoms with van der Waals surface area (Å²) in [7, 11) is 1.76. The zero-order chi connectivity index (χ0) is 27.3. The molecule has 3 heterocycles. The van der Waals surface area contributed by atoms with Crippen LogP contribution in [0.5, 0.6) is 5.75 Å². The Morgan fingerprint density at radius 1 is 1.13 bits per heavy atom. The molecule has 0 fully saturated rings. The second-order valence-electron chi connectivity index (χ2n) is 9.52. The maximum atomic E-state index is 13.5. The van der Waals surface area contributed by atoms with Crippen molar-refractivity contribution in [3.05, 3.63) is 85.8 Å². The number of carbonyl (C=O) groups is 2. The molecule has 2 aromatic heterocycles. The van der Waals surface area contributed by atoms with Gasteiger partial charge in [0.2, 0.25) is 5.91 Å². The van der Waals surface area contributed by atoms with Crippen LogP contribution in [0.25, 0.3) is 22.3 Å². The van der Waals surface area contributed by atoms with Gasteiger partial charge in [-0.1, -0.05) is 11.6 Å². The summed E-state index contributed by atoms with van der Waals surface area (Å²) in [6.45, 7) is 5.42. The third kappa shape index (κ3) is 4.41. The van der Waals surface area contributed by atoms with E-state index in [1.54, 1.807) is 31.9 Å². The van der Waals surface area contributed by atoms with Crippen LogP contribution in [0.1, 0.15) is 52.2 Å². The first-order chi connectivity index (χ1) is 18.0. The van der Waals surface area contributed by atoms with Crippen molar-refractivity contribution in [2.75, 3.05) is 11.9 Å². The van der Waals surface area contributed by atoms with E-state index in [-0.39, 0.29) is 27.9 Å². The smallest absolute Gasteiger partial charge is 0.271 e. The van der Waals surface area contributed by atoms with Gasteiger partial charge in [-0.3, -0.25) is 14.4 Å². The summed E-state index contributed by atoms with van der Waals surface area (Å²) in [6, 6.07) is 12.4. The minimum Gasteiger partial charge on any atom is -0.483 e. The number of anilines is 1. The lowest BCUT2D eigenvalue weighted by Crippen LogP contribution is -2.31. The van der Waals surface area contributed by atoms with E-state index >= 15 is 0 Å². The Labute approximate surface area is 224 Å². The molecule has 8 nitrogen and oxygen atoms in total. The molecule has 1 aliphatic rings. The summed E-state index contributed by atoms with van der Waals surface area (Å²) in [5.41, 5.74) is 10.2. The lowest BCUT2D eigenvalue weighted by atomic mass is 9.96. The molecule has 38 heavy (non-hydrogen) atoms. The van der Waals surface area contributed by atoms with E-state index in [1.165, 1.54) is 12.1 Å². The van der Waals surface area contributed by atoms with Gasteiger partial charge in [0.15, 0.2) is 16.9 Å². The quantitative estimate of drug-likeness (QED) is 0.350. The molecule has 2 aromatic carbocycles. The zero-order valence-corrected chi connectivity index (χ0v) is 22.2. The fourth-order valence-electron chi connectivity index (χ4n) is 4.89. The normalized spacial score (nSPS) is 13.9. The maximum absolute atomic E-state index is 13.5. The van der Waals surface area contributed by atoms with Gasteiger partial charge in [-0.15, -0.1) is 0 Å². The SMILES string of the molecule is Cc1cc([C@@H](C)Oc2ccc(Cl)nc2C(N)=O)c2oc(-c3ccc4c(c3)CCC(=O)N4C)c(C)c(=O)c2c1. The Morgan fingerprint density at radius 2 is 1.89 bits per heavy atom. The van der Waals surface area contributed by atoms with E-state index in [4.69, 9.17) is 26.5 Å². The molecular weight excluding hydrogens is 506 g/mol. The first-order valence-corrected chi connectivity index (χ1v) is 12.5. The first kappa shape index (κ1) is 25.5. The molecule has 2 N–H and O–H groups in total. The van der Waals surface area contributed by atoms with Crippen molar-refractivity contribution in [2.24, 2.45) is 5.73 Å². The molecule has 0 unspecified atom stereocenters. The molecule has 0 saturated carbocycles. The summed E-state index contributed by atoms with van der Waals surface area (Å²) in [5, 5.41) is 0.552. The summed E-state index contributed by atoms with van der Waals surface area (Å²) < 4.78 is 12.6. The van der Waals surface area contributed by atoms with Gasteiger partial charge in [0.05, 0.1) is 5.39 Å². The molecular formula is C29H26ClN3O5. The number of hydrogen-bond acceptors (Lipinski definition) is 6. The van der Waals surface area contributed by atoms with Crippen molar-refractivity contribution in [3.63, 3.8) is 0 Å². The number of hydrogen-bond donors (Lipinski definition) is 1. The summed E-state index contributed by atoms with van der Waals surface area (Å²) in [5.74, 6) is -0.0729. The highest BCUT2D eigenvalue weighted by Gasteiger charge is 2.24. The number of carbonyl (C=O) groups excluding carboxylic acids is 2. The minimum atomic E-state index is -0.770. The number of aryl methyl sites for hydroxylation is 2. The number of pyridine rings is 1. The van der Waals surface area contributed by atoms with Crippen molar-refractivity contribution >= 4 is 40.1 Å². The van der Waals surface area contributed by atoms with Crippen molar-refractivity contribution < 1.29 is 18.7 Å². The van der Waals surface area contributed by atoms with Crippen LogP contribution < -0.4 is 20.8 Å². The molecule has 0 radical (unpaired) electrons. The number of rotatable bonds is 5. The van der Waals surface area contributed by atoms with Gasteiger partial charge >= 0.3 is 0 Å². The largest absolute Gasteiger partial charge is 0.483 e. The number of ether oxygens (including phenoxy) is 1. The van der Waals surface area contributed by atoms with Crippen LogP contribution in [-0.4, -0.2) is 23.8 Å². The van der Waals surface area contributed by atoms with Gasteiger partial charge in [-0.05, 0) is 80.8 Å². The van der Waals surface area contributed by atoms with Crippen LogP contribution in [0, 0.1) is 13.8 Å². The van der Waals surface area contributed by atoms with Crippen LogP contribution in [0.15, 0.2) is 51.7 Å². The molecule has 194 valence electrons. The van der Waals surface area contributed by atoms with Gasteiger partial charge in [0, 0.05) is 35.8 Å².